The number of anilines is 1. The van der Waals surface area contributed by atoms with Gasteiger partial charge in [-0.15, -0.1) is 0 Å². The summed E-state index contributed by atoms with van der Waals surface area (Å²) < 4.78 is 0. The number of nitrogens with two attached hydrogens (primary N) is 1. The molecule has 0 spiro atoms. The molecular weight excluding hydrogens is 268 g/mol. The third-order valence-corrected chi connectivity index (χ3v) is 4.45. The van der Waals surface area contributed by atoms with E-state index in [0.717, 1.165) is 19.3 Å². The van der Waals surface area contributed by atoms with E-state index in [1.807, 2.05) is 0 Å². The zero-order valence-electron chi connectivity index (χ0n) is 12.3. The van der Waals surface area contributed by atoms with Gasteiger partial charge in [0.2, 0.25) is 0 Å². The molecule has 2 rings (SSSR count). The van der Waals surface area contributed by atoms with Crippen molar-refractivity contribution in [2.75, 3.05) is 5.73 Å². The number of carboxylic acid groups (broad SMARTS) is 1. The number of rotatable bonds is 4. The summed E-state index contributed by atoms with van der Waals surface area (Å²) in [6.07, 6.45) is 3.68. The van der Waals surface area contributed by atoms with Gasteiger partial charge < -0.3 is 16.2 Å². The molecule has 114 valence electrons. The molecule has 1 aliphatic rings. The molecule has 1 fully saturated rings. The van der Waals surface area contributed by atoms with Crippen LogP contribution < -0.4 is 11.1 Å². The molecule has 1 amide bonds. The molecule has 0 bridgehead atoms. The molecule has 1 aromatic rings. The summed E-state index contributed by atoms with van der Waals surface area (Å²) in [6, 6.07) is 6.57. The normalized spacial score (nSPS) is 25.3. The monoisotopic (exact) mass is 290 g/mol. The highest BCUT2D eigenvalue weighted by Crippen LogP contribution is 2.34. The largest absolute Gasteiger partial charge is 0.480 e. The molecule has 5 nitrogen and oxygen atoms in total. The van der Waals surface area contributed by atoms with Crippen molar-refractivity contribution in [2.24, 2.45) is 5.92 Å². The standard InChI is InChI=1S/C16H22N2O3/c1-2-11-6-8-16(9-7-11,15(20)21)18-14(19)12-4-3-5-13(17)10-12/h3-5,10-11H,2,6-9,17H2,1H3,(H,18,19)(H,20,21). The molecule has 1 aromatic carbocycles. The lowest BCUT2D eigenvalue weighted by molar-refractivity contribution is -0.146. The number of nitrogen functional groups attached to an aromatic ring is 1. The first kappa shape index (κ1) is 15.4. The van der Waals surface area contributed by atoms with Crippen LogP contribution in [0.15, 0.2) is 24.3 Å². The van der Waals surface area contributed by atoms with Gasteiger partial charge in [0.25, 0.3) is 5.91 Å². The third kappa shape index (κ3) is 3.35. The highest BCUT2D eigenvalue weighted by molar-refractivity contribution is 5.98. The van der Waals surface area contributed by atoms with Crippen molar-refractivity contribution in [3.8, 4) is 0 Å². The summed E-state index contributed by atoms with van der Waals surface area (Å²) in [5.74, 6) is -0.768. The Kier molecular flexibility index (Phi) is 4.50. The molecule has 1 saturated carbocycles. The smallest absolute Gasteiger partial charge is 0.329 e. The zero-order chi connectivity index (χ0) is 15.5. The molecule has 5 heteroatoms. The minimum atomic E-state index is -1.15. The molecule has 0 radical (unpaired) electrons. The van der Waals surface area contributed by atoms with E-state index in [1.54, 1.807) is 24.3 Å². The molecule has 0 atom stereocenters. The molecule has 21 heavy (non-hydrogen) atoms. The fourth-order valence-corrected chi connectivity index (χ4v) is 2.94. The number of amides is 1. The van der Waals surface area contributed by atoms with Gasteiger partial charge in [-0.2, -0.15) is 0 Å². The Labute approximate surface area is 124 Å². The second-order valence-electron chi connectivity index (χ2n) is 5.82. The van der Waals surface area contributed by atoms with Crippen LogP contribution >= 0.6 is 0 Å². The van der Waals surface area contributed by atoms with E-state index < -0.39 is 11.5 Å². The number of carboxylic acids is 1. The van der Waals surface area contributed by atoms with E-state index >= 15 is 0 Å². The summed E-state index contributed by atoms with van der Waals surface area (Å²) in [5.41, 5.74) is 5.40. The predicted octanol–water partition coefficient (Wildman–Crippen LogP) is 2.42. The number of aliphatic carboxylic acids is 1. The first-order chi connectivity index (χ1) is 9.97. The molecule has 1 aliphatic carbocycles. The van der Waals surface area contributed by atoms with Gasteiger partial charge in [-0.3, -0.25) is 4.79 Å². The summed E-state index contributed by atoms with van der Waals surface area (Å²) in [7, 11) is 0. The lowest BCUT2D eigenvalue weighted by atomic mass is 9.75. The average molecular weight is 290 g/mol. The van der Waals surface area contributed by atoms with Gasteiger partial charge in [0.05, 0.1) is 0 Å². The number of benzene rings is 1. The number of carbonyl (C=O) groups is 2. The van der Waals surface area contributed by atoms with Crippen LogP contribution in [0.4, 0.5) is 5.69 Å². The van der Waals surface area contributed by atoms with Crippen LogP contribution in [0, 0.1) is 5.92 Å². The van der Waals surface area contributed by atoms with Gasteiger partial charge in [0.15, 0.2) is 0 Å². The van der Waals surface area contributed by atoms with Crippen LogP contribution in [0.3, 0.4) is 0 Å². The molecule has 4 N–H and O–H groups in total. The van der Waals surface area contributed by atoms with Crippen LogP contribution in [-0.2, 0) is 4.79 Å². The van der Waals surface area contributed by atoms with E-state index in [-0.39, 0.29) is 5.91 Å². The number of nitrogens with one attached hydrogen (secondary N) is 1. The Morgan fingerprint density at radius 2 is 2.05 bits per heavy atom. The van der Waals surface area contributed by atoms with E-state index in [2.05, 4.69) is 12.2 Å². The number of hydrogen-bond acceptors (Lipinski definition) is 3. The van der Waals surface area contributed by atoms with Crippen molar-refractivity contribution in [3.05, 3.63) is 29.8 Å². The summed E-state index contributed by atoms with van der Waals surface area (Å²) in [6.45, 7) is 2.11. The lowest BCUT2D eigenvalue weighted by Gasteiger charge is -2.37. The third-order valence-electron chi connectivity index (χ3n) is 4.45. The first-order valence-corrected chi connectivity index (χ1v) is 7.38. The SMILES string of the molecule is CCC1CCC(NC(=O)c2cccc(N)c2)(C(=O)O)CC1. The second kappa shape index (κ2) is 6.16. The molecule has 0 aliphatic heterocycles. The van der Waals surface area contributed by atoms with Gasteiger partial charge in [-0.25, -0.2) is 4.79 Å². The number of carbonyl (C=O) groups excluding carboxylic acids is 1. The van der Waals surface area contributed by atoms with E-state index in [9.17, 15) is 14.7 Å². The maximum Gasteiger partial charge on any atom is 0.329 e. The summed E-state index contributed by atoms with van der Waals surface area (Å²) >= 11 is 0. The van der Waals surface area contributed by atoms with Crippen LogP contribution in [0.25, 0.3) is 0 Å². The van der Waals surface area contributed by atoms with Crippen LogP contribution in [-0.4, -0.2) is 22.5 Å². The Balaban J connectivity index is 2.14. The lowest BCUT2D eigenvalue weighted by Crippen LogP contribution is -2.56. The minimum absolute atomic E-state index is 0.375. The highest BCUT2D eigenvalue weighted by Gasteiger charge is 2.43. The van der Waals surface area contributed by atoms with Gasteiger partial charge in [-0.1, -0.05) is 19.4 Å². The van der Waals surface area contributed by atoms with Crippen molar-refractivity contribution in [1.29, 1.82) is 0 Å². The van der Waals surface area contributed by atoms with Gasteiger partial charge in [-0.05, 0) is 49.8 Å². The molecular formula is C16H22N2O3. The van der Waals surface area contributed by atoms with Crippen LogP contribution in [0.2, 0.25) is 0 Å². The Morgan fingerprint density at radius 3 is 2.57 bits per heavy atom. The molecule has 0 unspecified atom stereocenters. The minimum Gasteiger partial charge on any atom is -0.480 e. The maximum atomic E-state index is 12.3. The van der Waals surface area contributed by atoms with Crippen molar-refractivity contribution in [3.63, 3.8) is 0 Å². The van der Waals surface area contributed by atoms with Crippen LogP contribution in [0.5, 0.6) is 0 Å². The number of hydrogen-bond donors (Lipinski definition) is 3. The predicted molar refractivity (Wildman–Crippen MR) is 80.9 cm³/mol. The van der Waals surface area contributed by atoms with Gasteiger partial charge in [0.1, 0.15) is 5.54 Å². The Bertz CT molecular complexity index is 534. The van der Waals surface area contributed by atoms with Crippen molar-refractivity contribution in [1.82, 2.24) is 5.32 Å². The fourth-order valence-electron chi connectivity index (χ4n) is 2.94. The fraction of sp³-hybridized carbons (Fsp3) is 0.500. The van der Waals surface area contributed by atoms with Gasteiger partial charge >= 0.3 is 5.97 Å². The zero-order valence-corrected chi connectivity index (χ0v) is 12.3. The highest BCUT2D eigenvalue weighted by atomic mass is 16.4. The van der Waals surface area contributed by atoms with E-state index in [4.69, 9.17) is 5.73 Å². The molecule has 0 heterocycles. The van der Waals surface area contributed by atoms with Crippen molar-refractivity contribution >= 4 is 17.6 Å². The molecule has 0 saturated heterocycles. The van der Waals surface area contributed by atoms with E-state index in [0.29, 0.717) is 30.0 Å². The van der Waals surface area contributed by atoms with Crippen molar-refractivity contribution in [2.45, 2.75) is 44.6 Å². The van der Waals surface area contributed by atoms with E-state index in [1.165, 1.54) is 0 Å². The summed E-state index contributed by atoms with van der Waals surface area (Å²) in [5, 5.41) is 12.3. The topological polar surface area (TPSA) is 92.4 Å². The Morgan fingerprint density at radius 1 is 1.38 bits per heavy atom. The molecule has 0 aromatic heterocycles. The summed E-state index contributed by atoms with van der Waals surface area (Å²) in [4.78, 5) is 24.0. The Hall–Kier alpha value is -2.04. The maximum absolute atomic E-state index is 12.3. The van der Waals surface area contributed by atoms with Gasteiger partial charge in [0, 0.05) is 11.3 Å². The average Bonchev–Trinajstić information content (AvgIpc) is 2.47. The quantitative estimate of drug-likeness (QED) is 0.742. The van der Waals surface area contributed by atoms with Crippen LogP contribution in [0.1, 0.15) is 49.4 Å². The van der Waals surface area contributed by atoms with Crippen molar-refractivity contribution < 1.29 is 14.7 Å². The first-order valence-electron chi connectivity index (χ1n) is 7.38. The second-order valence-corrected chi connectivity index (χ2v) is 5.82.